The molecular formula is C83H96N2O12. The van der Waals surface area contributed by atoms with Crippen LogP contribution in [0.5, 0.6) is 40.2 Å². The molecule has 14 heteroatoms. The molecule has 15 aliphatic rings. The lowest BCUT2D eigenvalue weighted by molar-refractivity contribution is -0.212. The summed E-state index contributed by atoms with van der Waals surface area (Å²) in [7, 11) is 3.62. The van der Waals surface area contributed by atoms with E-state index in [1.807, 2.05) is 37.4 Å². The maximum absolute atomic E-state index is 13.9. The first kappa shape index (κ1) is 61.8. The average Bonchev–Trinajstić information content (AvgIpc) is 1.46. The van der Waals surface area contributed by atoms with Gasteiger partial charge in [-0.15, -0.1) is 0 Å². The molecule has 0 aromatic heterocycles. The van der Waals surface area contributed by atoms with E-state index in [1.165, 1.54) is 57.8 Å². The van der Waals surface area contributed by atoms with Gasteiger partial charge in [-0.05, 0) is 232 Å². The van der Waals surface area contributed by atoms with Crippen LogP contribution in [0, 0.1) is 99.1 Å². The fourth-order valence-corrected chi connectivity index (χ4v) is 25.8. The van der Waals surface area contributed by atoms with Gasteiger partial charge in [0, 0.05) is 97.5 Å². The van der Waals surface area contributed by atoms with Gasteiger partial charge < -0.3 is 58.7 Å². The van der Waals surface area contributed by atoms with Crippen LogP contribution >= 0.6 is 0 Å². The molecule has 21 atom stereocenters. The van der Waals surface area contributed by atoms with Crippen LogP contribution in [0.2, 0.25) is 0 Å². The molecule has 7 N–H and O–H groups in total. The fourth-order valence-electron chi connectivity index (χ4n) is 25.8. The molecular weight excluding hydrogens is 1220 g/mol. The summed E-state index contributed by atoms with van der Waals surface area (Å²) in [4.78, 5) is 0. The second-order valence-electron chi connectivity index (χ2n) is 32.9. The Hall–Kier alpha value is -6.28. The summed E-state index contributed by atoms with van der Waals surface area (Å²) in [5.74, 6) is 12.6. The van der Waals surface area contributed by atoms with E-state index in [0.717, 1.165) is 90.2 Å². The van der Waals surface area contributed by atoms with Crippen molar-refractivity contribution in [3.63, 3.8) is 0 Å². The van der Waals surface area contributed by atoms with Crippen LogP contribution in [0.25, 0.3) is 21.9 Å². The zero-order valence-corrected chi connectivity index (χ0v) is 56.3. The van der Waals surface area contributed by atoms with Crippen molar-refractivity contribution in [1.82, 2.24) is 10.6 Å². The highest BCUT2D eigenvalue weighted by atomic mass is 16.5. The first-order valence-electron chi connectivity index (χ1n) is 37.4. The van der Waals surface area contributed by atoms with Crippen molar-refractivity contribution in [2.75, 3.05) is 47.2 Å². The lowest BCUT2D eigenvalue weighted by Gasteiger charge is -2.66. The minimum Gasteiger partial charge on any atom is -0.508 e. The van der Waals surface area contributed by atoms with Crippen molar-refractivity contribution in [3.05, 3.63) is 125 Å². The van der Waals surface area contributed by atoms with Crippen molar-refractivity contribution in [2.24, 2.45) is 87.3 Å². The Bertz CT molecular complexity index is 4070. The molecule has 8 bridgehead atoms. The van der Waals surface area contributed by atoms with E-state index >= 15 is 0 Å². The molecule has 0 amide bonds. The number of phenolic OH excluding ortho intramolecular Hbond substituents is 3. The number of rotatable bonds is 13. The van der Waals surface area contributed by atoms with E-state index in [9.17, 15) is 25.5 Å². The van der Waals surface area contributed by atoms with Gasteiger partial charge in [-0.2, -0.15) is 0 Å². The van der Waals surface area contributed by atoms with Crippen molar-refractivity contribution < 1.29 is 58.7 Å². The summed E-state index contributed by atoms with van der Waals surface area (Å²) < 4.78 is 49.2. The van der Waals surface area contributed by atoms with Gasteiger partial charge in [0.25, 0.3) is 0 Å². The maximum atomic E-state index is 13.9. The van der Waals surface area contributed by atoms with Crippen molar-refractivity contribution >= 4 is 10.8 Å². The normalized spacial score (nSPS) is 40.0. The Kier molecular flexibility index (Phi) is 14.7. The van der Waals surface area contributed by atoms with Gasteiger partial charge in [-0.25, -0.2) is 0 Å². The molecule has 9 fully saturated rings. The van der Waals surface area contributed by atoms with Gasteiger partial charge in [0.05, 0.1) is 54.2 Å². The van der Waals surface area contributed by atoms with Gasteiger partial charge in [0.1, 0.15) is 53.0 Å². The third-order valence-corrected chi connectivity index (χ3v) is 29.0. The van der Waals surface area contributed by atoms with E-state index in [0.29, 0.717) is 108 Å². The number of methoxy groups -OCH3 is 2. The summed E-state index contributed by atoms with van der Waals surface area (Å²) in [5.41, 5.74) is 4.15. The minimum absolute atomic E-state index is 0.0209. The largest absolute Gasteiger partial charge is 0.508 e. The molecule has 14 nitrogen and oxygen atoms in total. The second-order valence-corrected chi connectivity index (χ2v) is 32.9. The molecule has 8 saturated carbocycles. The van der Waals surface area contributed by atoms with Crippen LogP contribution in [0.15, 0.2) is 103 Å². The monoisotopic (exact) mass is 1310 g/mol. The Morgan fingerprint density at radius 1 is 0.711 bits per heavy atom. The summed E-state index contributed by atoms with van der Waals surface area (Å²) in [6, 6.07) is 24.1. The minimum atomic E-state index is -1.10. The molecule has 97 heavy (non-hydrogen) atoms. The van der Waals surface area contributed by atoms with E-state index < -0.39 is 59.5 Å². The van der Waals surface area contributed by atoms with E-state index in [-0.39, 0.29) is 59.2 Å². The highest BCUT2D eigenvalue weighted by molar-refractivity contribution is 5.96. The zero-order valence-electron chi connectivity index (χ0n) is 56.3. The molecule has 4 aliphatic heterocycles. The Morgan fingerprint density at radius 2 is 1.55 bits per heavy atom. The van der Waals surface area contributed by atoms with Crippen molar-refractivity contribution in [3.8, 4) is 63.2 Å². The maximum Gasteiger partial charge on any atom is 0.149 e. The Morgan fingerprint density at radius 3 is 2.39 bits per heavy atom. The molecule has 0 unspecified atom stereocenters. The molecule has 5 spiro atoms. The van der Waals surface area contributed by atoms with Gasteiger partial charge in [0.15, 0.2) is 0 Å². The summed E-state index contributed by atoms with van der Waals surface area (Å²) in [6.45, 7) is 2.23. The van der Waals surface area contributed by atoms with Crippen LogP contribution in [0.4, 0.5) is 0 Å². The third-order valence-electron chi connectivity index (χ3n) is 29.0. The number of ether oxygens (including phenoxy) is 7. The summed E-state index contributed by atoms with van der Waals surface area (Å²) >= 11 is 0. The predicted molar refractivity (Wildman–Crippen MR) is 367 cm³/mol. The highest BCUT2D eigenvalue weighted by Gasteiger charge is 2.84. The lowest BCUT2D eigenvalue weighted by atomic mass is 9.50. The molecule has 510 valence electrons. The van der Waals surface area contributed by atoms with Gasteiger partial charge in [-0.3, -0.25) is 10.6 Å². The number of fused-ring (bicyclic) bond motifs is 7. The molecule has 11 aliphatic carbocycles. The van der Waals surface area contributed by atoms with Crippen LogP contribution < -0.4 is 29.6 Å². The Balaban J connectivity index is 0.771. The average molecular weight is 1310 g/mol. The SMILES string of the molecule is COCCC[C@@H]1Oc2c3cc(c4cc(O)ccc24)OCC#C[C@@H]2CN[C@]4(CC5(CCCC5)[C@]56CC[C@]78CC[C@H]9[C@H](CCOC)C[C@@H]([C@H](C=C[C@H]75)[C@@H]46)[C@H]98)N[C@]24[C@H](O[C@@H]3[C@@H]1[C@H]1COc2c(Cc3cc(O)ccc3-c3cccc(O)c3)cc(OC3CCCC3)cc2[C@H]1O)[C@@H]1C=C[C@H]4C[C@@H]1O. The number of benzene rings is 5. The molecule has 20 rings (SSSR count). The second kappa shape index (κ2) is 23.1. The standard InChI is InChI=1S/C83H96N2O12/c1-91-31-9-15-68-71(66-44-94-74-49(37-56(41-64(74)73(66)90)95-55-13-3-4-14-55)34-48-36-53(87)17-20-57(48)46-10-7-12-52(86)35-46)76-65-42-69(62-40-54(88)18-21-59(62)75(65)96-68)93-32-8-11-51-43-84-82(85-83(51)50-16-19-61(67(89)39-50)78(83)97-76)45-79(26-5-6-27-79)81-30-29-80-28-24-58-47(25-33-92-2)38-63(72(58)80)60(77(81)82)22-23-70(80)81/h7,10,12,16-23,35-37,40-42,47,50-51,55,58,60-61,63,66-68,70-73,76-78,84-90H,3-6,9,13-15,24-34,38-39,43-45H2,1-2H3/t47-,50+,51-,58+,60+,61-,63+,66-,67+,68+,70-,71-,72+,73-,76+,77-,78-,80-,81-,82-,83+/m1/s1. The number of hydrogen-bond acceptors (Lipinski definition) is 14. The number of nitrogens with one attached hydrogen (secondary N) is 2. The molecule has 1 saturated heterocycles. The number of aliphatic hydroxyl groups is 2. The Labute approximate surface area is 570 Å². The lowest BCUT2D eigenvalue weighted by Crippen LogP contribution is -2.83. The van der Waals surface area contributed by atoms with Crippen LogP contribution in [-0.2, 0) is 20.6 Å². The fraction of sp³-hybridized carbons (Fsp3) is 0.590. The summed E-state index contributed by atoms with van der Waals surface area (Å²) in [6.07, 6.45) is 26.9. The zero-order chi connectivity index (χ0) is 65.3. The van der Waals surface area contributed by atoms with E-state index in [2.05, 4.69) is 53.6 Å². The first-order valence-corrected chi connectivity index (χ1v) is 37.4. The molecule has 5 aromatic carbocycles. The van der Waals surface area contributed by atoms with Crippen LogP contribution in [-0.4, -0.2) is 108 Å². The number of hydrogen-bond donors (Lipinski definition) is 7. The van der Waals surface area contributed by atoms with Gasteiger partial charge >= 0.3 is 0 Å². The molecule has 4 heterocycles. The number of aliphatic hydroxyl groups excluding tert-OH is 2. The first-order chi connectivity index (χ1) is 47.4. The topological polar surface area (TPSA) is 190 Å². The van der Waals surface area contributed by atoms with Gasteiger partial charge in [0.2, 0.25) is 0 Å². The van der Waals surface area contributed by atoms with Crippen molar-refractivity contribution in [2.45, 2.75) is 170 Å². The highest BCUT2D eigenvalue weighted by Crippen LogP contribution is 2.86. The summed E-state index contributed by atoms with van der Waals surface area (Å²) in [5, 5.41) is 71.0. The van der Waals surface area contributed by atoms with Crippen molar-refractivity contribution in [1.29, 1.82) is 0 Å². The van der Waals surface area contributed by atoms with E-state index in [4.69, 9.17) is 38.5 Å². The third kappa shape index (κ3) is 9.02. The molecule has 5 aromatic rings. The van der Waals surface area contributed by atoms with Crippen LogP contribution in [0.1, 0.15) is 150 Å². The van der Waals surface area contributed by atoms with Crippen LogP contribution in [0.3, 0.4) is 0 Å². The number of phenols is 3. The van der Waals surface area contributed by atoms with Gasteiger partial charge in [-0.1, -0.05) is 67.2 Å². The number of allylic oxidation sites excluding steroid dienone is 2. The number of aromatic hydroxyl groups is 3. The predicted octanol–water partition coefficient (Wildman–Crippen LogP) is 13.6. The quantitative estimate of drug-likeness (QED) is 0.0335. The molecule has 0 radical (unpaired) electrons. The van der Waals surface area contributed by atoms with E-state index in [1.54, 1.807) is 43.5 Å². The smallest absolute Gasteiger partial charge is 0.149 e.